The summed E-state index contributed by atoms with van der Waals surface area (Å²) in [7, 11) is 0. The van der Waals surface area contributed by atoms with Crippen LogP contribution in [0.2, 0.25) is 0 Å². The lowest BCUT2D eigenvalue weighted by Crippen LogP contribution is -2.30. The molecule has 3 rings (SSSR count). The molecular formula is C21H20O4S2. The molecule has 6 heteroatoms. The number of hydrogen-bond donors (Lipinski definition) is 1. The Hall–Kier alpha value is -1.86. The van der Waals surface area contributed by atoms with E-state index in [0.717, 1.165) is 14.7 Å². The molecule has 0 saturated heterocycles. The van der Waals surface area contributed by atoms with E-state index in [0.29, 0.717) is 4.91 Å². The molecule has 0 saturated carbocycles. The molecular weight excluding hydrogens is 380 g/mol. The third-order valence-corrected chi connectivity index (χ3v) is 6.48. The van der Waals surface area contributed by atoms with E-state index in [-0.39, 0.29) is 37.8 Å². The van der Waals surface area contributed by atoms with Crippen LogP contribution in [-0.4, -0.2) is 36.5 Å². The second-order valence-corrected chi connectivity index (χ2v) is 8.14. The van der Waals surface area contributed by atoms with Gasteiger partial charge in [-0.15, -0.1) is 0 Å². The van der Waals surface area contributed by atoms with E-state index in [1.54, 1.807) is 0 Å². The zero-order chi connectivity index (χ0) is 19.1. The molecule has 4 nitrogen and oxygen atoms in total. The molecule has 0 amide bonds. The van der Waals surface area contributed by atoms with Crippen molar-refractivity contribution in [1.29, 1.82) is 0 Å². The molecule has 1 aliphatic rings. The Morgan fingerprint density at radius 2 is 1.52 bits per heavy atom. The van der Waals surface area contributed by atoms with Crippen molar-refractivity contribution in [3.63, 3.8) is 0 Å². The number of aliphatic hydroxyl groups excluding tert-OH is 1. The average Bonchev–Trinajstić information content (AvgIpc) is 2.69. The van der Waals surface area contributed by atoms with Crippen molar-refractivity contribution in [3.8, 4) is 0 Å². The summed E-state index contributed by atoms with van der Waals surface area (Å²) in [5, 5.41) is 8.97. The number of carbonyl (C=O) groups excluding carboxylic acids is 2. The van der Waals surface area contributed by atoms with E-state index in [1.165, 1.54) is 23.5 Å². The number of Topliss-reactive ketones (excluding diaryl/α,β-unsaturated/α-hetero) is 2. The van der Waals surface area contributed by atoms with Crippen LogP contribution >= 0.6 is 23.5 Å². The lowest BCUT2D eigenvalue weighted by molar-refractivity contribution is -0.129. The van der Waals surface area contributed by atoms with E-state index >= 15 is 0 Å². The van der Waals surface area contributed by atoms with Gasteiger partial charge >= 0.3 is 0 Å². The highest BCUT2D eigenvalue weighted by atomic mass is 32.2. The highest BCUT2D eigenvalue weighted by Gasteiger charge is 2.36. The number of benzene rings is 2. The number of aliphatic hydroxyl groups is 1. The number of allylic oxidation sites excluding steroid dienone is 1. The molecule has 1 N–H and O–H groups in total. The fourth-order valence-corrected chi connectivity index (χ4v) is 4.99. The molecule has 1 unspecified atom stereocenters. The van der Waals surface area contributed by atoms with Crippen LogP contribution in [0.1, 0.15) is 6.42 Å². The van der Waals surface area contributed by atoms with Gasteiger partial charge in [-0.25, -0.2) is 0 Å². The molecule has 2 aromatic rings. The molecule has 2 aromatic carbocycles. The van der Waals surface area contributed by atoms with Gasteiger partial charge in [0.05, 0.1) is 37.1 Å². The number of rotatable bonds is 8. The van der Waals surface area contributed by atoms with Crippen molar-refractivity contribution in [2.45, 2.75) is 16.2 Å². The van der Waals surface area contributed by atoms with E-state index < -0.39 is 5.92 Å². The summed E-state index contributed by atoms with van der Waals surface area (Å²) >= 11 is 2.84. The van der Waals surface area contributed by atoms with Gasteiger partial charge in [-0.2, -0.15) is 0 Å². The van der Waals surface area contributed by atoms with E-state index in [9.17, 15) is 9.59 Å². The van der Waals surface area contributed by atoms with E-state index in [1.807, 2.05) is 60.7 Å². The third kappa shape index (κ3) is 5.32. The van der Waals surface area contributed by atoms with Gasteiger partial charge in [0.2, 0.25) is 0 Å². The van der Waals surface area contributed by atoms with Crippen molar-refractivity contribution in [2.75, 3.05) is 19.8 Å². The summed E-state index contributed by atoms with van der Waals surface area (Å²) < 4.78 is 5.46. The molecule has 0 fully saturated rings. The molecule has 0 bridgehead atoms. The zero-order valence-electron chi connectivity index (χ0n) is 14.7. The van der Waals surface area contributed by atoms with Crippen LogP contribution in [0.3, 0.4) is 0 Å². The second-order valence-electron chi connectivity index (χ2n) is 5.94. The molecule has 0 aromatic heterocycles. The Bertz CT molecular complexity index is 819. The van der Waals surface area contributed by atoms with Gasteiger partial charge in [-0.1, -0.05) is 59.9 Å². The average molecular weight is 401 g/mol. The maximum absolute atomic E-state index is 12.7. The minimum absolute atomic E-state index is 0.101. The Morgan fingerprint density at radius 1 is 0.926 bits per heavy atom. The normalized spacial score (nSPS) is 17.4. The maximum atomic E-state index is 12.7. The van der Waals surface area contributed by atoms with Crippen LogP contribution in [0.5, 0.6) is 0 Å². The van der Waals surface area contributed by atoms with E-state index in [2.05, 4.69) is 0 Å². The van der Waals surface area contributed by atoms with Gasteiger partial charge in [0.25, 0.3) is 0 Å². The van der Waals surface area contributed by atoms with Crippen LogP contribution in [-0.2, 0) is 14.3 Å². The maximum Gasteiger partial charge on any atom is 0.177 e. The Morgan fingerprint density at radius 3 is 2.11 bits per heavy atom. The van der Waals surface area contributed by atoms with Crippen LogP contribution in [0.4, 0.5) is 0 Å². The van der Waals surface area contributed by atoms with Gasteiger partial charge in [-0.3, -0.25) is 9.59 Å². The number of hydrogen-bond acceptors (Lipinski definition) is 6. The molecule has 0 heterocycles. The number of thioether (sulfide) groups is 2. The number of ketones is 2. The first-order chi connectivity index (χ1) is 13.2. The first kappa shape index (κ1) is 19.9. The molecule has 27 heavy (non-hydrogen) atoms. The van der Waals surface area contributed by atoms with Gasteiger partial charge < -0.3 is 9.84 Å². The van der Waals surface area contributed by atoms with Crippen molar-refractivity contribution in [1.82, 2.24) is 0 Å². The molecule has 1 atom stereocenters. The van der Waals surface area contributed by atoms with Crippen molar-refractivity contribution >= 4 is 35.1 Å². The molecule has 0 aliphatic heterocycles. The lowest BCUT2D eigenvalue weighted by Gasteiger charge is -2.26. The highest BCUT2D eigenvalue weighted by molar-refractivity contribution is 8.07. The van der Waals surface area contributed by atoms with Crippen molar-refractivity contribution in [2.24, 2.45) is 5.92 Å². The van der Waals surface area contributed by atoms with E-state index in [4.69, 9.17) is 9.84 Å². The summed E-state index contributed by atoms with van der Waals surface area (Å²) in [4.78, 5) is 28.5. The Labute approximate surface area is 167 Å². The third-order valence-electron chi connectivity index (χ3n) is 3.97. The van der Waals surface area contributed by atoms with Crippen LogP contribution in [0.15, 0.2) is 80.3 Å². The number of carbonyl (C=O) groups is 2. The smallest absolute Gasteiger partial charge is 0.177 e. The van der Waals surface area contributed by atoms with Crippen molar-refractivity contribution < 1.29 is 19.4 Å². The highest BCUT2D eigenvalue weighted by Crippen LogP contribution is 2.44. The van der Waals surface area contributed by atoms with Crippen LogP contribution < -0.4 is 0 Å². The summed E-state index contributed by atoms with van der Waals surface area (Å²) in [6, 6.07) is 19.4. The summed E-state index contributed by atoms with van der Waals surface area (Å²) in [6.07, 6.45) is -0.110. The fraction of sp³-hybridized carbons (Fsp3) is 0.238. The molecule has 0 radical (unpaired) electrons. The standard InChI is InChI=1S/C21H20O4S2/c22-11-12-25-14-17-18(23)13-19(24)21(27-16-9-5-2-6-10-16)20(17)26-15-7-3-1-4-8-15/h1-10,17,22H,11-14H2. The predicted molar refractivity (Wildman–Crippen MR) is 108 cm³/mol. The molecule has 0 spiro atoms. The zero-order valence-corrected chi connectivity index (χ0v) is 16.3. The fourth-order valence-electron chi connectivity index (χ4n) is 2.68. The minimum atomic E-state index is -0.495. The SMILES string of the molecule is O=C1CC(=O)C(COCCO)C(Sc2ccccc2)=C1Sc1ccccc1. The summed E-state index contributed by atoms with van der Waals surface area (Å²) in [5.41, 5.74) is 0. The Balaban J connectivity index is 1.97. The minimum Gasteiger partial charge on any atom is -0.394 e. The number of ether oxygens (including phenoxy) is 1. The quantitative estimate of drug-likeness (QED) is 0.535. The summed E-state index contributed by atoms with van der Waals surface area (Å²) in [5.74, 6) is -0.773. The summed E-state index contributed by atoms with van der Waals surface area (Å²) in [6.45, 7) is 0.235. The topological polar surface area (TPSA) is 63.6 Å². The largest absolute Gasteiger partial charge is 0.394 e. The first-order valence-electron chi connectivity index (χ1n) is 8.63. The predicted octanol–water partition coefficient (Wildman–Crippen LogP) is 3.95. The Kier molecular flexibility index (Phi) is 7.29. The first-order valence-corrected chi connectivity index (χ1v) is 10.3. The van der Waals surface area contributed by atoms with Crippen molar-refractivity contribution in [3.05, 3.63) is 70.5 Å². The van der Waals surface area contributed by atoms with Gasteiger partial charge in [0.1, 0.15) is 0 Å². The monoisotopic (exact) mass is 400 g/mol. The molecule has 140 valence electrons. The molecule has 1 aliphatic carbocycles. The van der Waals surface area contributed by atoms with Gasteiger partial charge in [-0.05, 0) is 24.3 Å². The van der Waals surface area contributed by atoms with Gasteiger partial charge in [0.15, 0.2) is 11.6 Å². The second kappa shape index (κ2) is 9.90. The van der Waals surface area contributed by atoms with Crippen LogP contribution in [0, 0.1) is 5.92 Å². The van der Waals surface area contributed by atoms with Gasteiger partial charge in [0, 0.05) is 14.7 Å². The van der Waals surface area contributed by atoms with Crippen LogP contribution in [0.25, 0.3) is 0 Å². The lowest BCUT2D eigenvalue weighted by atomic mass is 9.93.